The quantitative estimate of drug-likeness (QED) is 0.481. The Bertz CT molecular complexity index is 890. The third-order valence-corrected chi connectivity index (χ3v) is 10.8. The molecule has 0 aromatic heterocycles. The number of esters is 1. The predicted molar refractivity (Wildman–Crippen MR) is 126 cm³/mol. The van der Waals surface area contributed by atoms with Crippen LogP contribution in [0.5, 0.6) is 0 Å². The molecule has 3 nitrogen and oxygen atoms in total. The highest BCUT2D eigenvalue weighted by Gasteiger charge is 2.61. The monoisotopic (exact) mass is 433 g/mol. The molecule has 1 aromatic carbocycles. The Morgan fingerprint density at radius 1 is 0.969 bits per heavy atom. The highest BCUT2D eigenvalue weighted by Crippen LogP contribution is 2.68. The van der Waals surface area contributed by atoms with Crippen molar-refractivity contribution >= 4 is 5.97 Å². The van der Waals surface area contributed by atoms with Gasteiger partial charge in [0.2, 0.25) is 0 Å². The summed E-state index contributed by atoms with van der Waals surface area (Å²) in [5.41, 5.74) is 1.26. The van der Waals surface area contributed by atoms with E-state index in [1.807, 2.05) is 30.3 Å². The first-order valence-corrected chi connectivity index (χ1v) is 13.1. The van der Waals surface area contributed by atoms with Crippen molar-refractivity contribution in [1.29, 1.82) is 5.26 Å². The molecule has 0 aliphatic heterocycles. The molecular formula is C29H39NO2. The van der Waals surface area contributed by atoms with E-state index in [0.717, 1.165) is 37.0 Å². The lowest BCUT2D eigenvalue weighted by Crippen LogP contribution is -2.56. The molecular weight excluding hydrogens is 394 g/mol. The number of rotatable bonds is 3. The van der Waals surface area contributed by atoms with Crippen molar-refractivity contribution in [3.63, 3.8) is 0 Å². The topological polar surface area (TPSA) is 50.1 Å². The van der Waals surface area contributed by atoms with Crippen molar-refractivity contribution in [2.75, 3.05) is 0 Å². The van der Waals surface area contributed by atoms with Crippen LogP contribution in [0.3, 0.4) is 0 Å². The summed E-state index contributed by atoms with van der Waals surface area (Å²) in [7, 11) is 0. The lowest BCUT2D eigenvalue weighted by molar-refractivity contribution is -0.151. The van der Waals surface area contributed by atoms with Crippen molar-refractivity contribution in [3.8, 4) is 6.07 Å². The molecule has 4 fully saturated rings. The molecule has 4 aliphatic rings. The second-order valence-electron chi connectivity index (χ2n) is 11.8. The van der Waals surface area contributed by atoms with Crippen LogP contribution < -0.4 is 0 Å². The molecule has 32 heavy (non-hydrogen) atoms. The second-order valence-corrected chi connectivity index (χ2v) is 11.8. The normalized spacial score (nSPS) is 45.1. The van der Waals surface area contributed by atoms with Gasteiger partial charge in [-0.05, 0) is 110 Å². The maximum Gasteiger partial charge on any atom is 0.338 e. The van der Waals surface area contributed by atoms with E-state index in [2.05, 4.69) is 26.8 Å². The fourth-order valence-corrected chi connectivity index (χ4v) is 9.17. The van der Waals surface area contributed by atoms with E-state index >= 15 is 0 Å². The number of nitriles is 1. The Kier molecular flexibility index (Phi) is 5.63. The highest BCUT2D eigenvalue weighted by atomic mass is 16.5. The van der Waals surface area contributed by atoms with Gasteiger partial charge in [-0.2, -0.15) is 5.26 Å². The number of hydrogen-bond donors (Lipinski definition) is 0. The molecule has 4 aliphatic carbocycles. The first-order valence-electron chi connectivity index (χ1n) is 13.1. The summed E-state index contributed by atoms with van der Waals surface area (Å²) in [5.74, 6) is 3.51. The van der Waals surface area contributed by atoms with Gasteiger partial charge in [0.15, 0.2) is 0 Å². The number of carbonyl (C=O) groups is 1. The van der Waals surface area contributed by atoms with Crippen molar-refractivity contribution in [1.82, 2.24) is 0 Å². The molecule has 1 aromatic rings. The first-order chi connectivity index (χ1) is 15.4. The molecule has 3 heteroatoms. The molecule has 5 rings (SSSR count). The Morgan fingerprint density at radius 2 is 1.66 bits per heavy atom. The average molecular weight is 434 g/mol. The number of benzene rings is 1. The van der Waals surface area contributed by atoms with Crippen molar-refractivity contribution in [2.24, 2.45) is 46.3 Å². The molecule has 4 saturated carbocycles. The summed E-state index contributed by atoms with van der Waals surface area (Å²) in [6.07, 6.45) is 10.7. The maximum atomic E-state index is 12.8. The van der Waals surface area contributed by atoms with Gasteiger partial charge in [-0.15, -0.1) is 0 Å². The minimum absolute atomic E-state index is 0.0469. The Hall–Kier alpha value is -1.82. The molecule has 9 atom stereocenters. The minimum Gasteiger partial charge on any atom is -0.458 e. The highest BCUT2D eigenvalue weighted by molar-refractivity contribution is 5.89. The van der Waals surface area contributed by atoms with E-state index in [0.29, 0.717) is 22.8 Å². The standard InChI is InChI=1S/C29H39NO2/c1-4-21-23-13-11-22-24-12-10-20(18-30)28(24,2)16-14-25(22)29(23,3)17-15-26(21)32-27(31)19-8-6-5-7-9-19/h5-9,20-26H,4,10-17H2,1-3H3/t20-,21-,22+,23+,24+,25+,26-,28-,29+/m1/s1. The number of carbonyl (C=O) groups excluding carboxylic acids is 1. The van der Waals surface area contributed by atoms with Crippen LogP contribution in [0.1, 0.15) is 88.9 Å². The van der Waals surface area contributed by atoms with Crippen LogP contribution in [0.25, 0.3) is 0 Å². The van der Waals surface area contributed by atoms with Gasteiger partial charge in [0.05, 0.1) is 17.6 Å². The molecule has 0 amide bonds. The predicted octanol–water partition coefficient (Wildman–Crippen LogP) is 7.03. The molecule has 0 saturated heterocycles. The smallest absolute Gasteiger partial charge is 0.338 e. The SMILES string of the molecule is CC[C@H]1[C@H](OC(=O)c2ccccc2)CC[C@]2(C)[C@H]3CC[C@]4(C)[C@@H](C#N)CC[C@H]4[C@@H]3CC[C@@H]12. The molecule has 0 unspecified atom stereocenters. The Balaban J connectivity index is 1.35. The van der Waals surface area contributed by atoms with Gasteiger partial charge in [0, 0.05) is 0 Å². The van der Waals surface area contributed by atoms with Crippen LogP contribution >= 0.6 is 0 Å². The fraction of sp³-hybridized carbons (Fsp3) is 0.724. The van der Waals surface area contributed by atoms with E-state index < -0.39 is 0 Å². The van der Waals surface area contributed by atoms with Gasteiger partial charge in [-0.1, -0.05) is 39.0 Å². The first kappa shape index (κ1) is 22.0. The number of ether oxygens (including phenoxy) is 1. The summed E-state index contributed by atoms with van der Waals surface area (Å²) in [4.78, 5) is 12.8. The lowest BCUT2D eigenvalue weighted by atomic mass is 9.43. The number of hydrogen-bond acceptors (Lipinski definition) is 3. The summed E-state index contributed by atoms with van der Waals surface area (Å²) < 4.78 is 6.15. The van der Waals surface area contributed by atoms with Crippen LogP contribution in [-0.2, 0) is 4.74 Å². The van der Waals surface area contributed by atoms with Crippen LogP contribution in [0.15, 0.2) is 30.3 Å². The largest absolute Gasteiger partial charge is 0.458 e. The molecule has 0 heterocycles. The Labute approximate surface area is 193 Å². The van der Waals surface area contributed by atoms with Crippen LogP contribution in [0.2, 0.25) is 0 Å². The zero-order valence-electron chi connectivity index (χ0n) is 20.1. The molecule has 0 spiro atoms. The second kappa shape index (κ2) is 8.19. The van der Waals surface area contributed by atoms with Crippen LogP contribution in [-0.4, -0.2) is 12.1 Å². The maximum absolute atomic E-state index is 12.8. The van der Waals surface area contributed by atoms with Gasteiger partial charge in [-0.25, -0.2) is 4.79 Å². The van der Waals surface area contributed by atoms with E-state index in [4.69, 9.17) is 4.74 Å². The van der Waals surface area contributed by atoms with E-state index in [-0.39, 0.29) is 23.4 Å². The molecule has 0 radical (unpaired) electrons. The summed E-state index contributed by atoms with van der Waals surface area (Å²) in [6.45, 7) is 7.29. The van der Waals surface area contributed by atoms with Gasteiger partial charge >= 0.3 is 5.97 Å². The van der Waals surface area contributed by atoms with Gasteiger partial charge in [0.1, 0.15) is 6.10 Å². The Morgan fingerprint density at radius 3 is 2.38 bits per heavy atom. The number of nitrogens with zero attached hydrogens (tertiary/aromatic N) is 1. The van der Waals surface area contributed by atoms with E-state index in [1.54, 1.807) is 0 Å². The summed E-state index contributed by atoms with van der Waals surface area (Å²) >= 11 is 0. The molecule has 172 valence electrons. The number of fused-ring (bicyclic) bond motifs is 5. The summed E-state index contributed by atoms with van der Waals surface area (Å²) in [6, 6.07) is 12.1. The van der Waals surface area contributed by atoms with Crippen molar-refractivity contribution in [3.05, 3.63) is 35.9 Å². The summed E-state index contributed by atoms with van der Waals surface area (Å²) in [5, 5.41) is 9.76. The van der Waals surface area contributed by atoms with E-state index in [9.17, 15) is 10.1 Å². The lowest BCUT2D eigenvalue weighted by Gasteiger charge is -2.62. The van der Waals surface area contributed by atoms with Crippen molar-refractivity contribution < 1.29 is 9.53 Å². The molecule has 0 N–H and O–H groups in total. The van der Waals surface area contributed by atoms with E-state index in [1.165, 1.54) is 38.5 Å². The van der Waals surface area contributed by atoms with Gasteiger partial charge in [0.25, 0.3) is 0 Å². The van der Waals surface area contributed by atoms with Gasteiger partial charge < -0.3 is 4.74 Å². The fourth-order valence-electron chi connectivity index (χ4n) is 9.17. The average Bonchev–Trinajstić information content (AvgIpc) is 3.16. The van der Waals surface area contributed by atoms with Gasteiger partial charge in [-0.3, -0.25) is 0 Å². The van der Waals surface area contributed by atoms with Crippen LogP contribution in [0.4, 0.5) is 0 Å². The molecule has 0 bridgehead atoms. The van der Waals surface area contributed by atoms with Crippen LogP contribution in [0, 0.1) is 57.7 Å². The third kappa shape index (κ3) is 3.24. The minimum atomic E-state index is -0.159. The zero-order valence-corrected chi connectivity index (χ0v) is 20.1. The zero-order chi connectivity index (χ0) is 22.5. The third-order valence-electron chi connectivity index (χ3n) is 10.8. The van der Waals surface area contributed by atoms with Crippen molar-refractivity contribution in [2.45, 2.75) is 84.7 Å².